The first kappa shape index (κ1) is 36.6. The fourth-order valence-electron chi connectivity index (χ4n) is 10.2. The predicted molar refractivity (Wildman–Crippen MR) is 261 cm³/mol. The summed E-state index contributed by atoms with van der Waals surface area (Å²) in [6, 6.07) is 77.9. The van der Waals surface area contributed by atoms with E-state index in [4.69, 9.17) is 19.9 Å². The van der Waals surface area contributed by atoms with Crippen molar-refractivity contribution in [1.82, 2.24) is 19.9 Å². The second-order valence-corrected chi connectivity index (χ2v) is 17.6. The number of hydrogen-bond donors (Lipinski definition) is 0. The minimum absolute atomic E-state index is 0.462. The molecule has 1 spiro atoms. The van der Waals surface area contributed by atoms with Gasteiger partial charge in [0, 0.05) is 48.2 Å². The fraction of sp³-hybridized carbons (Fsp3) is 0.0169. The minimum Gasteiger partial charge on any atom is -0.247 e. The molecule has 0 atom stereocenters. The topological polar surface area (TPSA) is 51.6 Å². The average molecular weight is 833 g/mol. The molecule has 4 nitrogen and oxygen atoms in total. The second-order valence-electron chi connectivity index (χ2n) is 16.5. The van der Waals surface area contributed by atoms with Gasteiger partial charge in [0.1, 0.15) is 0 Å². The van der Waals surface area contributed by atoms with Crippen LogP contribution in [0, 0.1) is 0 Å². The van der Waals surface area contributed by atoms with E-state index in [1.165, 1.54) is 54.1 Å². The van der Waals surface area contributed by atoms with Gasteiger partial charge in [-0.05, 0) is 62.7 Å². The maximum Gasteiger partial charge on any atom is 0.164 e. The van der Waals surface area contributed by atoms with Crippen LogP contribution in [0.4, 0.5) is 0 Å². The highest BCUT2D eigenvalue weighted by Gasteiger charge is 2.50. The highest BCUT2D eigenvalue weighted by molar-refractivity contribution is 7.99. The lowest BCUT2D eigenvalue weighted by Crippen LogP contribution is -2.31. The molecule has 5 heteroatoms. The number of pyridine rings is 1. The molecule has 11 aromatic rings. The van der Waals surface area contributed by atoms with Crippen LogP contribution >= 0.6 is 11.8 Å². The third-order valence-corrected chi connectivity index (χ3v) is 14.2. The average Bonchev–Trinajstić information content (AvgIpc) is 3.67. The van der Waals surface area contributed by atoms with Crippen LogP contribution in [-0.2, 0) is 5.41 Å². The van der Waals surface area contributed by atoms with Crippen molar-refractivity contribution in [1.29, 1.82) is 0 Å². The quantitative estimate of drug-likeness (QED) is 0.162. The Morgan fingerprint density at radius 1 is 0.312 bits per heavy atom. The molecule has 0 saturated carbocycles. The Kier molecular flexibility index (Phi) is 8.33. The third kappa shape index (κ3) is 5.57. The summed E-state index contributed by atoms with van der Waals surface area (Å²) in [5.74, 6) is 1.88. The molecule has 0 amide bonds. The van der Waals surface area contributed by atoms with E-state index in [0.29, 0.717) is 17.5 Å². The number of para-hydroxylation sites is 1. The SMILES string of the molecule is c1ccc(-c2ccc(-c3nc(-c4ccccc4)nc(-c4ccc(-c5nc6ccccc6c6c7c(ccc56)C5(c6ccccc6Sc6ccccc65)c5ccccc5-7)cc4)n3)cc2)cc1. The number of fused-ring (bicyclic) bond motifs is 13. The number of benzene rings is 9. The van der Waals surface area contributed by atoms with E-state index in [1.807, 2.05) is 48.2 Å². The maximum atomic E-state index is 5.43. The predicted octanol–water partition coefficient (Wildman–Crippen LogP) is 14.7. The Bertz CT molecular complexity index is 3580. The molecule has 2 aromatic heterocycles. The van der Waals surface area contributed by atoms with Crippen LogP contribution in [-0.4, -0.2) is 19.9 Å². The summed E-state index contributed by atoms with van der Waals surface area (Å²) in [4.78, 5) is 23.2. The van der Waals surface area contributed by atoms with Gasteiger partial charge in [-0.25, -0.2) is 19.9 Å². The van der Waals surface area contributed by atoms with E-state index in [-0.39, 0.29) is 0 Å². The Hall–Kier alpha value is -7.99. The fourth-order valence-corrected chi connectivity index (χ4v) is 11.4. The molecule has 13 rings (SSSR count). The van der Waals surface area contributed by atoms with Crippen molar-refractivity contribution in [3.63, 3.8) is 0 Å². The highest BCUT2D eigenvalue weighted by Crippen LogP contribution is 2.63. The van der Waals surface area contributed by atoms with Crippen molar-refractivity contribution in [3.05, 3.63) is 241 Å². The van der Waals surface area contributed by atoms with Crippen molar-refractivity contribution < 1.29 is 0 Å². The molecule has 64 heavy (non-hydrogen) atoms. The van der Waals surface area contributed by atoms with E-state index < -0.39 is 5.41 Å². The van der Waals surface area contributed by atoms with Gasteiger partial charge in [0.25, 0.3) is 0 Å². The van der Waals surface area contributed by atoms with Crippen LogP contribution in [0.25, 0.3) is 89.4 Å². The lowest BCUT2D eigenvalue weighted by Gasteiger charge is -2.39. The van der Waals surface area contributed by atoms with Crippen molar-refractivity contribution in [2.45, 2.75) is 15.2 Å². The van der Waals surface area contributed by atoms with Gasteiger partial charge in [-0.1, -0.05) is 212 Å². The van der Waals surface area contributed by atoms with Gasteiger partial charge in [-0.3, -0.25) is 0 Å². The summed E-state index contributed by atoms with van der Waals surface area (Å²) >= 11 is 1.87. The normalized spacial score (nSPS) is 13.1. The summed E-state index contributed by atoms with van der Waals surface area (Å²) in [5.41, 5.74) is 15.4. The zero-order valence-corrected chi connectivity index (χ0v) is 35.3. The molecule has 2 aliphatic rings. The van der Waals surface area contributed by atoms with Crippen LogP contribution in [0.5, 0.6) is 0 Å². The van der Waals surface area contributed by atoms with E-state index >= 15 is 0 Å². The Balaban J connectivity index is 0.977. The van der Waals surface area contributed by atoms with Gasteiger partial charge in [0.05, 0.1) is 16.6 Å². The zero-order chi connectivity index (χ0) is 42.2. The van der Waals surface area contributed by atoms with Crippen molar-refractivity contribution in [3.8, 4) is 67.7 Å². The monoisotopic (exact) mass is 832 g/mol. The molecule has 0 unspecified atom stereocenters. The molecule has 0 saturated heterocycles. The van der Waals surface area contributed by atoms with E-state index in [0.717, 1.165) is 49.8 Å². The molecular weight excluding hydrogens is 797 g/mol. The number of rotatable bonds is 5. The third-order valence-electron chi connectivity index (χ3n) is 13.0. The summed E-state index contributed by atoms with van der Waals surface area (Å²) in [6.45, 7) is 0. The van der Waals surface area contributed by atoms with Gasteiger partial charge in [0.2, 0.25) is 0 Å². The van der Waals surface area contributed by atoms with E-state index in [1.54, 1.807) is 0 Å². The Morgan fingerprint density at radius 2 is 0.781 bits per heavy atom. The van der Waals surface area contributed by atoms with Crippen molar-refractivity contribution in [2.75, 3.05) is 0 Å². The first-order chi connectivity index (χ1) is 31.7. The highest BCUT2D eigenvalue weighted by atomic mass is 32.2. The Morgan fingerprint density at radius 3 is 1.42 bits per heavy atom. The van der Waals surface area contributed by atoms with Crippen LogP contribution in [0.15, 0.2) is 228 Å². The number of hydrogen-bond acceptors (Lipinski definition) is 5. The van der Waals surface area contributed by atoms with Gasteiger partial charge in [0.15, 0.2) is 17.5 Å². The summed E-state index contributed by atoms with van der Waals surface area (Å²) < 4.78 is 0. The molecule has 0 bridgehead atoms. The summed E-state index contributed by atoms with van der Waals surface area (Å²) in [6.07, 6.45) is 0. The largest absolute Gasteiger partial charge is 0.247 e. The number of nitrogens with zero attached hydrogens (tertiary/aromatic N) is 4. The molecule has 3 heterocycles. The molecule has 0 fully saturated rings. The Labute approximate surface area is 375 Å². The van der Waals surface area contributed by atoms with Crippen LogP contribution < -0.4 is 0 Å². The standard InChI is InChI=1S/C59H36N4S/c1-3-15-37(16-4-1)38-27-31-41(32-28-38)57-61-56(40-17-5-2-6-18-40)62-58(63-57)42-33-29-39(30-34-42)55-45-35-36-49-54(53(45)44-20-8-12-24-50(44)60-55)43-19-7-9-21-46(43)59(49)47-22-10-13-25-51(47)64-52-26-14-11-23-48(52)59/h1-36H. The summed E-state index contributed by atoms with van der Waals surface area (Å²) in [7, 11) is 0. The molecule has 298 valence electrons. The summed E-state index contributed by atoms with van der Waals surface area (Å²) in [5, 5.41) is 3.50. The molecular formula is C59H36N4S. The zero-order valence-electron chi connectivity index (χ0n) is 34.5. The van der Waals surface area contributed by atoms with Crippen LogP contribution in [0.3, 0.4) is 0 Å². The molecule has 9 aromatic carbocycles. The molecule has 1 aliphatic carbocycles. The van der Waals surface area contributed by atoms with Crippen molar-refractivity contribution in [2.24, 2.45) is 0 Å². The van der Waals surface area contributed by atoms with Gasteiger partial charge < -0.3 is 0 Å². The van der Waals surface area contributed by atoms with Gasteiger partial charge >= 0.3 is 0 Å². The lowest BCUT2D eigenvalue weighted by atomic mass is 9.67. The minimum atomic E-state index is -0.462. The molecule has 1 aliphatic heterocycles. The van der Waals surface area contributed by atoms with Crippen LogP contribution in [0.2, 0.25) is 0 Å². The lowest BCUT2D eigenvalue weighted by molar-refractivity contribution is 0.723. The van der Waals surface area contributed by atoms with Gasteiger partial charge in [-0.15, -0.1) is 0 Å². The van der Waals surface area contributed by atoms with E-state index in [9.17, 15) is 0 Å². The smallest absolute Gasteiger partial charge is 0.164 e. The number of aromatic nitrogens is 4. The molecule has 0 radical (unpaired) electrons. The first-order valence-corrected chi connectivity index (χ1v) is 22.4. The first-order valence-electron chi connectivity index (χ1n) is 21.6. The van der Waals surface area contributed by atoms with Crippen molar-refractivity contribution >= 4 is 33.4 Å². The van der Waals surface area contributed by atoms with Crippen LogP contribution in [0.1, 0.15) is 22.3 Å². The van der Waals surface area contributed by atoms with Gasteiger partial charge in [-0.2, -0.15) is 0 Å². The molecule has 0 N–H and O–H groups in total. The second kappa shape index (κ2) is 14.6. The van der Waals surface area contributed by atoms with E-state index in [2.05, 4.69) is 182 Å². The maximum absolute atomic E-state index is 5.43.